The number of carboxylic acids is 1. The van der Waals surface area contributed by atoms with Crippen molar-refractivity contribution in [3.05, 3.63) is 12.2 Å². The summed E-state index contributed by atoms with van der Waals surface area (Å²) in [6, 6.07) is 0. The van der Waals surface area contributed by atoms with Crippen molar-refractivity contribution in [3.8, 4) is 0 Å². The van der Waals surface area contributed by atoms with E-state index < -0.39 is 11.6 Å². The molecule has 0 fully saturated rings. The van der Waals surface area contributed by atoms with Crippen LogP contribution in [0.5, 0.6) is 0 Å². The van der Waals surface area contributed by atoms with Crippen LogP contribution in [-0.2, 0) is 9.63 Å². The largest absolute Gasteiger partial charge is 0.478 e. The van der Waals surface area contributed by atoms with Gasteiger partial charge in [-0.3, -0.25) is 0 Å². The van der Waals surface area contributed by atoms with Gasteiger partial charge in [0.15, 0.2) is 0 Å². The molecule has 1 aliphatic carbocycles. The van der Waals surface area contributed by atoms with Crippen LogP contribution in [-0.4, -0.2) is 23.4 Å². The maximum Gasteiger partial charge on any atom is 0.351 e. The number of carbonyl (C=O) groups is 1. The molecule has 0 saturated carbocycles. The molecule has 0 bridgehead atoms. The standard InChI is InChI=1S/C7H9NO3/c1-8-11-7(6(9)10)4-2-3-5-7/h2-3H,1,4-5H2,(H,9,10). The molecule has 0 aromatic rings. The summed E-state index contributed by atoms with van der Waals surface area (Å²) in [4.78, 5) is 15.4. The van der Waals surface area contributed by atoms with E-state index in [9.17, 15) is 4.79 Å². The Bertz CT molecular complexity index is 202. The van der Waals surface area contributed by atoms with E-state index >= 15 is 0 Å². The molecular weight excluding hydrogens is 146 g/mol. The number of rotatable bonds is 3. The highest BCUT2D eigenvalue weighted by Crippen LogP contribution is 2.28. The molecule has 0 unspecified atom stereocenters. The molecule has 4 heteroatoms. The van der Waals surface area contributed by atoms with Crippen LogP contribution < -0.4 is 0 Å². The third-order valence-electron chi connectivity index (χ3n) is 1.69. The average molecular weight is 155 g/mol. The van der Waals surface area contributed by atoms with E-state index in [0.29, 0.717) is 12.8 Å². The van der Waals surface area contributed by atoms with Crippen molar-refractivity contribution < 1.29 is 14.7 Å². The minimum atomic E-state index is -1.18. The third kappa shape index (κ3) is 1.24. The van der Waals surface area contributed by atoms with Crippen LogP contribution >= 0.6 is 0 Å². The molecular formula is C7H9NO3. The molecule has 0 aromatic carbocycles. The molecule has 1 N–H and O–H groups in total. The molecule has 0 saturated heterocycles. The van der Waals surface area contributed by atoms with Gasteiger partial charge >= 0.3 is 5.97 Å². The van der Waals surface area contributed by atoms with Crippen LogP contribution in [0.25, 0.3) is 0 Å². The van der Waals surface area contributed by atoms with Gasteiger partial charge in [-0.1, -0.05) is 12.2 Å². The molecule has 11 heavy (non-hydrogen) atoms. The zero-order valence-corrected chi connectivity index (χ0v) is 5.99. The lowest BCUT2D eigenvalue weighted by molar-refractivity contribution is -0.164. The fraction of sp³-hybridized carbons (Fsp3) is 0.429. The minimum Gasteiger partial charge on any atom is -0.478 e. The zero-order chi connectivity index (χ0) is 8.32. The molecule has 0 radical (unpaired) electrons. The Morgan fingerprint density at radius 3 is 2.55 bits per heavy atom. The summed E-state index contributed by atoms with van der Waals surface area (Å²) in [5.74, 6) is -0.991. The number of aliphatic carboxylic acids is 1. The number of oxime groups is 1. The summed E-state index contributed by atoms with van der Waals surface area (Å²) in [7, 11) is 0. The highest BCUT2D eigenvalue weighted by atomic mass is 16.7. The van der Waals surface area contributed by atoms with E-state index in [4.69, 9.17) is 9.94 Å². The second-order valence-electron chi connectivity index (χ2n) is 2.40. The van der Waals surface area contributed by atoms with Gasteiger partial charge in [-0.25, -0.2) is 4.79 Å². The third-order valence-corrected chi connectivity index (χ3v) is 1.69. The van der Waals surface area contributed by atoms with Crippen molar-refractivity contribution >= 4 is 12.7 Å². The molecule has 0 aromatic heterocycles. The van der Waals surface area contributed by atoms with Crippen LogP contribution in [0, 0.1) is 0 Å². The Labute approximate surface area is 64.2 Å². The normalized spacial score (nSPS) is 19.6. The molecule has 0 heterocycles. The van der Waals surface area contributed by atoms with Gasteiger partial charge in [-0.2, -0.15) is 0 Å². The minimum absolute atomic E-state index is 0.362. The quantitative estimate of drug-likeness (QED) is 0.372. The summed E-state index contributed by atoms with van der Waals surface area (Å²) in [6.45, 7) is 3.09. The second kappa shape index (κ2) is 2.74. The highest BCUT2D eigenvalue weighted by Gasteiger charge is 2.42. The number of hydrogen-bond acceptors (Lipinski definition) is 3. The summed E-state index contributed by atoms with van der Waals surface area (Å²) in [5, 5.41) is 11.9. The molecule has 0 aliphatic heterocycles. The van der Waals surface area contributed by atoms with Crippen molar-refractivity contribution in [3.63, 3.8) is 0 Å². The zero-order valence-electron chi connectivity index (χ0n) is 5.99. The summed E-state index contributed by atoms with van der Waals surface area (Å²) >= 11 is 0. The maximum absolute atomic E-state index is 10.7. The van der Waals surface area contributed by atoms with Gasteiger partial charge in [0, 0.05) is 19.6 Å². The van der Waals surface area contributed by atoms with Crippen LogP contribution in [0.1, 0.15) is 12.8 Å². The molecule has 0 atom stereocenters. The van der Waals surface area contributed by atoms with Crippen molar-refractivity contribution in [2.24, 2.45) is 5.16 Å². The highest BCUT2D eigenvalue weighted by molar-refractivity contribution is 5.78. The van der Waals surface area contributed by atoms with E-state index in [1.54, 1.807) is 12.2 Å². The van der Waals surface area contributed by atoms with Crippen LogP contribution in [0.2, 0.25) is 0 Å². The SMILES string of the molecule is C=NOC1(C(=O)O)CC=CC1. The van der Waals surface area contributed by atoms with Crippen LogP contribution in [0.4, 0.5) is 0 Å². The Balaban J connectivity index is 2.72. The van der Waals surface area contributed by atoms with Gasteiger partial charge in [0.05, 0.1) is 0 Å². The number of nitrogens with zero attached hydrogens (tertiary/aromatic N) is 1. The maximum atomic E-state index is 10.7. The van der Waals surface area contributed by atoms with E-state index in [2.05, 4.69) is 11.9 Å². The molecule has 1 aliphatic rings. The van der Waals surface area contributed by atoms with E-state index in [1.807, 2.05) is 0 Å². The van der Waals surface area contributed by atoms with Crippen molar-refractivity contribution in [2.75, 3.05) is 0 Å². The predicted octanol–water partition coefficient (Wildman–Crippen LogP) is 0.792. The van der Waals surface area contributed by atoms with Gasteiger partial charge in [0.1, 0.15) is 0 Å². The van der Waals surface area contributed by atoms with Gasteiger partial charge in [-0.05, 0) is 0 Å². The first-order valence-electron chi connectivity index (χ1n) is 3.24. The molecule has 4 nitrogen and oxygen atoms in total. The van der Waals surface area contributed by atoms with Gasteiger partial charge < -0.3 is 9.94 Å². The first-order valence-corrected chi connectivity index (χ1v) is 3.24. The van der Waals surface area contributed by atoms with E-state index in [1.165, 1.54) is 0 Å². The van der Waals surface area contributed by atoms with Gasteiger partial charge in [0.2, 0.25) is 5.60 Å². The first kappa shape index (κ1) is 7.78. The molecule has 0 amide bonds. The molecule has 0 spiro atoms. The second-order valence-corrected chi connectivity index (χ2v) is 2.40. The van der Waals surface area contributed by atoms with Crippen LogP contribution in [0.3, 0.4) is 0 Å². The monoisotopic (exact) mass is 155 g/mol. The lowest BCUT2D eigenvalue weighted by atomic mass is 10.0. The van der Waals surface area contributed by atoms with E-state index in [0.717, 1.165) is 0 Å². The molecule has 1 rings (SSSR count). The average Bonchev–Trinajstić information content (AvgIpc) is 2.38. The smallest absolute Gasteiger partial charge is 0.351 e. The Hall–Kier alpha value is -1.32. The lowest BCUT2D eigenvalue weighted by Crippen LogP contribution is -2.37. The van der Waals surface area contributed by atoms with Crippen molar-refractivity contribution in [2.45, 2.75) is 18.4 Å². The van der Waals surface area contributed by atoms with Crippen molar-refractivity contribution in [1.82, 2.24) is 0 Å². The summed E-state index contributed by atoms with van der Waals surface area (Å²) < 4.78 is 0. The van der Waals surface area contributed by atoms with Gasteiger partial charge in [-0.15, -0.1) is 5.16 Å². The first-order chi connectivity index (χ1) is 5.21. The topological polar surface area (TPSA) is 58.9 Å². The lowest BCUT2D eigenvalue weighted by Gasteiger charge is -2.20. The van der Waals surface area contributed by atoms with Crippen molar-refractivity contribution in [1.29, 1.82) is 0 Å². The fourth-order valence-corrected chi connectivity index (χ4v) is 1.04. The summed E-state index contributed by atoms with van der Waals surface area (Å²) in [6.07, 6.45) is 4.25. The Morgan fingerprint density at radius 2 is 2.18 bits per heavy atom. The summed E-state index contributed by atoms with van der Waals surface area (Å²) in [5.41, 5.74) is -1.18. The van der Waals surface area contributed by atoms with E-state index in [-0.39, 0.29) is 0 Å². The number of carboxylic acid groups (broad SMARTS) is 1. The Morgan fingerprint density at radius 1 is 1.64 bits per heavy atom. The predicted molar refractivity (Wildman–Crippen MR) is 39.4 cm³/mol. The van der Waals surface area contributed by atoms with Crippen LogP contribution in [0.15, 0.2) is 17.3 Å². The fourth-order valence-electron chi connectivity index (χ4n) is 1.04. The molecule has 60 valence electrons. The number of hydrogen-bond donors (Lipinski definition) is 1. The Kier molecular flexibility index (Phi) is 1.94. The van der Waals surface area contributed by atoms with Gasteiger partial charge in [0.25, 0.3) is 0 Å².